The molecule has 1 atom stereocenters. The molecule has 2 rings (SSSR count). The smallest absolute Gasteiger partial charge is 0.305 e. The molecular formula is C24H31NO5. The molecular weight excluding hydrogens is 382 g/mol. The zero-order valence-electron chi connectivity index (χ0n) is 18.0. The van der Waals surface area contributed by atoms with Crippen LogP contribution in [0.15, 0.2) is 54.1 Å². The number of allylic oxidation sites excluding steroid dienone is 1. The Kier molecular flexibility index (Phi) is 9.87. The van der Waals surface area contributed by atoms with E-state index >= 15 is 0 Å². The van der Waals surface area contributed by atoms with Crippen LogP contribution in [-0.2, 0) is 19.1 Å². The summed E-state index contributed by atoms with van der Waals surface area (Å²) in [5.74, 6) is 0.347. The molecule has 0 saturated heterocycles. The number of carbonyl (C=O) groups is 2. The first-order chi connectivity index (χ1) is 14.5. The lowest BCUT2D eigenvalue weighted by Gasteiger charge is -2.16. The van der Waals surface area contributed by atoms with E-state index in [1.54, 1.807) is 7.11 Å². The number of hydrogen-bond acceptors (Lipinski definition) is 5. The number of hydrogen-bond donors (Lipinski definition) is 1. The maximum absolute atomic E-state index is 12.7. The van der Waals surface area contributed by atoms with Gasteiger partial charge in [0.15, 0.2) is 0 Å². The Bertz CT molecular complexity index is 856. The average molecular weight is 414 g/mol. The largest absolute Gasteiger partial charge is 0.488 e. The van der Waals surface area contributed by atoms with Crippen molar-refractivity contribution in [1.82, 2.24) is 5.32 Å². The normalized spacial score (nSPS) is 12.4. The van der Waals surface area contributed by atoms with Gasteiger partial charge in [0.05, 0.1) is 19.3 Å². The average Bonchev–Trinajstić information content (AvgIpc) is 2.75. The fourth-order valence-corrected chi connectivity index (χ4v) is 3.09. The fourth-order valence-electron chi connectivity index (χ4n) is 3.09. The number of unbranched alkanes of at least 4 members (excludes halogenated alkanes) is 2. The minimum absolute atomic E-state index is 0.109. The van der Waals surface area contributed by atoms with E-state index in [1.807, 2.05) is 55.5 Å². The summed E-state index contributed by atoms with van der Waals surface area (Å²) < 4.78 is 15.8. The number of esters is 1. The molecule has 2 aromatic rings. The first-order valence-electron chi connectivity index (χ1n) is 10.2. The highest BCUT2D eigenvalue weighted by Crippen LogP contribution is 2.25. The van der Waals surface area contributed by atoms with Gasteiger partial charge in [-0.3, -0.25) is 9.59 Å². The molecule has 1 unspecified atom stereocenters. The molecule has 1 N–H and O–H groups in total. The number of methoxy groups -OCH3 is 2. The van der Waals surface area contributed by atoms with E-state index in [4.69, 9.17) is 9.47 Å². The Morgan fingerprint density at radius 2 is 1.83 bits per heavy atom. The van der Waals surface area contributed by atoms with Crippen LogP contribution < -0.4 is 10.1 Å². The first-order valence-corrected chi connectivity index (χ1v) is 10.2. The lowest BCUT2D eigenvalue weighted by molar-refractivity contribution is -0.140. The van der Waals surface area contributed by atoms with Crippen molar-refractivity contribution in [2.75, 3.05) is 27.4 Å². The predicted octanol–water partition coefficient (Wildman–Crippen LogP) is 4.03. The van der Waals surface area contributed by atoms with Gasteiger partial charge in [0.25, 0.3) is 5.91 Å². The Hall–Kier alpha value is -2.86. The van der Waals surface area contributed by atoms with Gasteiger partial charge in [0.1, 0.15) is 12.4 Å². The maximum atomic E-state index is 12.7. The summed E-state index contributed by atoms with van der Waals surface area (Å²) in [7, 11) is 2.99. The van der Waals surface area contributed by atoms with Crippen molar-refractivity contribution in [2.24, 2.45) is 0 Å². The van der Waals surface area contributed by atoms with E-state index in [0.29, 0.717) is 31.4 Å². The number of nitrogens with one attached hydrogen (secondary N) is 1. The zero-order chi connectivity index (χ0) is 21.8. The molecule has 0 fully saturated rings. The molecule has 0 aliphatic carbocycles. The van der Waals surface area contributed by atoms with Crippen LogP contribution in [0.25, 0.3) is 10.8 Å². The molecule has 0 radical (unpaired) electrons. The van der Waals surface area contributed by atoms with Gasteiger partial charge in [-0.05, 0) is 37.6 Å². The number of fused-ring (bicyclic) bond motifs is 1. The van der Waals surface area contributed by atoms with Gasteiger partial charge in [0.2, 0.25) is 0 Å². The van der Waals surface area contributed by atoms with Crippen molar-refractivity contribution >= 4 is 22.6 Å². The van der Waals surface area contributed by atoms with Crippen LogP contribution in [0.2, 0.25) is 0 Å². The Morgan fingerprint density at radius 1 is 1.07 bits per heavy atom. The Balaban J connectivity index is 2.04. The fraction of sp³-hybridized carbons (Fsp3) is 0.417. The van der Waals surface area contributed by atoms with Crippen LogP contribution >= 0.6 is 0 Å². The third-order valence-corrected chi connectivity index (χ3v) is 4.67. The minimum Gasteiger partial charge on any atom is -0.488 e. The highest BCUT2D eigenvalue weighted by molar-refractivity contribution is 5.94. The van der Waals surface area contributed by atoms with Crippen molar-refractivity contribution < 1.29 is 23.8 Å². The topological polar surface area (TPSA) is 73.9 Å². The van der Waals surface area contributed by atoms with Crippen LogP contribution in [0.3, 0.4) is 0 Å². The van der Waals surface area contributed by atoms with E-state index in [9.17, 15) is 9.59 Å². The summed E-state index contributed by atoms with van der Waals surface area (Å²) in [6.07, 6.45) is 4.44. The highest BCUT2D eigenvalue weighted by Gasteiger charge is 2.14. The summed E-state index contributed by atoms with van der Waals surface area (Å²) in [5, 5.41) is 5.03. The second-order valence-electron chi connectivity index (χ2n) is 7.15. The summed E-state index contributed by atoms with van der Waals surface area (Å²) in [5.41, 5.74) is 0.559. The predicted molar refractivity (Wildman–Crippen MR) is 117 cm³/mol. The second kappa shape index (κ2) is 12.6. The van der Waals surface area contributed by atoms with Gasteiger partial charge >= 0.3 is 5.97 Å². The molecule has 6 nitrogen and oxygen atoms in total. The standard InChI is InChI=1S/C24H31NO5/c1-18(16-28-2)25-24(27)20(11-5-4-6-15-23(26)29-3)17-30-22-14-9-12-19-10-7-8-13-21(19)22/h7-14,18H,4-6,15-17H2,1-3H3,(H,25,27)/b20-11+. The molecule has 0 aromatic heterocycles. The number of benzene rings is 2. The van der Waals surface area contributed by atoms with Gasteiger partial charge < -0.3 is 19.5 Å². The molecule has 2 aromatic carbocycles. The monoisotopic (exact) mass is 413 g/mol. The number of amides is 1. The van der Waals surface area contributed by atoms with Crippen LogP contribution in [0.4, 0.5) is 0 Å². The van der Waals surface area contributed by atoms with Crippen molar-refractivity contribution in [3.63, 3.8) is 0 Å². The number of ether oxygens (including phenoxy) is 3. The lowest BCUT2D eigenvalue weighted by Crippen LogP contribution is -2.37. The summed E-state index contributed by atoms with van der Waals surface area (Å²) >= 11 is 0. The molecule has 0 heterocycles. The number of rotatable bonds is 12. The summed E-state index contributed by atoms with van der Waals surface area (Å²) in [4.78, 5) is 24.0. The molecule has 1 amide bonds. The Labute approximate surface area is 178 Å². The molecule has 162 valence electrons. The quantitative estimate of drug-likeness (QED) is 0.323. The van der Waals surface area contributed by atoms with Gasteiger partial charge in [-0.1, -0.05) is 42.5 Å². The Morgan fingerprint density at radius 3 is 2.60 bits per heavy atom. The van der Waals surface area contributed by atoms with Crippen molar-refractivity contribution in [1.29, 1.82) is 0 Å². The molecule has 6 heteroatoms. The van der Waals surface area contributed by atoms with E-state index in [2.05, 4.69) is 10.1 Å². The number of carbonyl (C=O) groups excluding carboxylic acids is 2. The molecule has 0 spiro atoms. The van der Waals surface area contributed by atoms with Crippen LogP contribution in [0.1, 0.15) is 32.6 Å². The van der Waals surface area contributed by atoms with Crippen molar-refractivity contribution in [3.05, 3.63) is 54.1 Å². The third-order valence-electron chi connectivity index (χ3n) is 4.67. The van der Waals surface area contributed by atoms with Gasteiger partial charge in [-0.2, -0.15) is 0 Å². The third kappa shape index (κ3) is 7.52. The minimum atomic E-state index is -0.218. The SMILES string of the molecule is COCC(C)NC(=O)/C(=C/CCCCC(=O)OC)COc1cccc2ccccc12. The van der Waals surface area contributed by atoms with Gasteiger partial charge in [-0.25, -0.2) is 0 Å². The van der Waals surface area contributed by atoms with Gasteiger partial charge in [0, 0.05) is 25.0 Å². The maximum Gasteiger partial charge on any atom is 0.305 e. The van der Waals surface area contributed by atoms with Crippen LogP contribution in [0.5, 0.6) is 5.75 Å². The lowest BCUT2D eigenvalue weighted by atomic mass is 10.1. The second-order valence-corrected chi connectivity index (χ2v) is 7.15. The highest BCUT2D eigenvalue weighted by atomic mass is 16.5. The summed E-state index contributed by atoms with van der Waals surface area (Å²) in [6, 6.07) is 13.7. The van der Waals surface area contributed by atoms with E-state index in [0.717, 1.165) is 22.9 Å². The molecule has 0 saturated carbocycles. The molecule has 30 heavy (non-hydrogen) atoms. The van der Waals surface area contributed by atoms with E-state index in [1.165, 1.54) is 7.11 Å². The summed E-state index contributed by atoms with van der Waals surface area (Å²) in [6.45, 7) is 2.49. The van der Waals surface area contributed by atoms with Crippen molar-refractivity contribution in [2.45, 2.75) is 38.6 Å². The molecule has 0 bridgehead atoms. The van der Waals surface area contributed by atoms with Crippen LogP contribution in [0, 0.1) is 0 Å². The zero-order valence-corrected chi connectivity index (χ0v) is 18.0. The van der Waals surface area contributed by atoms with E-state index in [-0.39, 0.29) is 24.5 Å². The van der Waals surface area contributed by atoms with Crippen molar-refractivity contribution in [3.8, 4) is 5.75 Å². The van der Waals surface area contributed by atoms with Gasteiger partial charge in [-0.15, -0.1) is 0 Å². The van der Waals surface area contributed by atoms with Crippen LogP contribution in [-0.4, -0.2) is 45.4 Å². The van der Waals surface area contributed by atoms with E-state index < -0.39 is 0 Å². The first kappa shape index (κ1) is 23.4. The molecule has 0 aliphatic heterocycles. The molecule has 0 aliphatic rings.